The third-order valence-electron chi connectivity index (χ3n) is 4.31. The molecule has 1 aromatic carbocycles. The Balaban J connectivity index is 1.78. The number of ether oxygens (including phenoxy) is 1. The van der Waals surface area contributed by atoms with Crippen LogP contribution in [0.4, 0.5) is 0 Å². The summed E-state index contributed by atoms with van der Waals surface area (Å²) in [6.45, 7) is 2.19. The number of rotatable bonds is 2. The van der Waals surface area contributed by atoms with E-state index in [0.717, 1.165) is 31.4 Å². The number of benzene rings is 1. The maximum atomic E-state index is 12.7. The highest BCUT2D eigenvalue weighted by atomic mass is 16.5. The quantitative estimate of drug-likeness (QED) is 0.890. The van der Waals surface area contributed by atoms with Gasteiger partial charge in [-0.05, 0) is 36.3 Å². The Bertz CT molecular complexity index is 488. The number of aliphatic hydroxyl groups excluding tert-OH is 1. The molecule has 0 aliphatic carbocycles. The molecule has 4 heteroatoms. The second-order valence-corrected chi connectivity index (χ2v) is 5.67. The number of hydrogen-bond acceptors (Lipinski definition) is 3. The minimum atomic E-state index is -0.461. The lowest BCUT2D eigenvalue weighted by molar-refractivity contribution is -0.147. The molecule has 1 aromatic rings. The highest BCUT2D eigenvalue weighted by Gasteiger charge is 2.33. The fourth-order valence-electron chi connectivity index (χ4n) is 3.18. The predicted molar refractivity (Wildman–Crippen MR) is 75.2 cm³/mol. The molecule has 0 saturated carbocycles. The summed E-state index contributed by atoms with van der Waals surface area (Å²) < 4.78 is 5.73. The maximum absolute atomic E-state index is 12.7. The first kappa shape index (κ1) is 13.6. The number of amides is 1. The molecule has 1 fully saturated rings. The van der Waals surface area contributed by atoms with Gasteiger partial charge in [-0.1, -0.05) is 24.3 Å². The van der Waals surface area contributed by atoms with Gasteiger partial charge in [0, 0.05) is 19.7 Å². The van der Waals surface area contributed by atoms with E-state index in [-0.39, 0.29) is 18.4 Å². The number of piperidine rings is 1. The van der Waals surface area contributed by atoms with Crippen molar-refractivity contribution in [3.8, 4) is 0 Å². The van der Waals surface area contributed by atoms with Crippen molar-refractivity contribution in [1.29, 1.82) is 0 Å². The van der Waals surface area contributed by atoms with Crippen LogP contribution in [0.15, 0.2) is 24.3 Å². The summed E-state index contributed by atoms with van der Waals surface area (Å²) in [4.78, 5) is 14.6. The number of carbonyl (C=O) groups is 1. The molecular weight excluding hydrogens is 254 g/mol. The standard InChI is InChI=1S/C16H21NO3/c18-11-12-4-3-8-17(10-12)16(19)15-14-6-2-1-5-13(14)7-9-20-15/h1-2,5-6,12,15,18H,3-4,7-11H2. The normalized spacial score (nSPS) is 26.1. The van der Waals surface area contributed by atoms with Gasteiger partial charge in [-0.2, -0.15) is 0 Å². The molecule has 2 unspecified atom stereocenters. The maximum Gasteiger partial charge on any atom is 0.256 e. The third kappa shape index (κ3) is 2.58. The molecule has 0 radical (unpaired) electrons. The topological polar surface area (TPSA) is 49.8 Å². The second-order valence-electron chi connectivity index (χ2n) is 5.67. The van der Waals surface area contributed by atoms with Crippen LogP contribution < -0.4 is 0 Å². The van der Waals surface area contributed by atoms with E-state index in [1.807, 2.05) is 23.1 Å². The highest BCUT2D eigenvalue weighted by molar-refractivity contribution is 5.83. The van der Waals surface area contributed by atoms with Gasteiger partial charge in [0.05, 0.1) is 6.61 Å². The van der Waals surface area contributed by atoms with Crippen molar-refractivity contribution in [2.45, 2.75) is 25.4 Å². The fourth-order valence-corrected chi connectivity index (χ4v) is 3.18. The molecule has 20 heavy (non-hydrogen) atoms. The molecule has 2 aliphatic heterocycles. The van der Waals surface area contributed by atoms with E-state index in [1.165, 1.54) is 5.56 Å². The van der Waals surface area contributed by atoms with Gasteiger partial charge >= 0.3 is 0 Å². The Morgan fingerprint density at radius 2 is 2.25 bits per heavy atom. The van der Waals surface area contributed by atoms with Crippen LogP contribution in [0.1, 0.15) is 30.1 Å². The van der Waals surface area contributed by atoms with Gasteiger partial charge < -0.3 is 14.7 Å². The van der Waals surface area contributed by atoms with Crippen molar-refractivity contribution in [2.24, 2.45) is 5.92 Å². The lowest BCUT2D eigenvalue weighted by Gasteiger charge is -2.35. The van der Waals surface area contributed by atoms with Gasteiger partial charge in [0.15, 0.2) is 6.10 Å². The zero-order valence-electron chi connectivity index (χ0n) is 11.6. The SMILES string of the molecule is O=C(C1OCCc2ccccc21)N1CCCC(CO)C1. The van der Waals surface area contributed by atoms with Crippen molar-refractivity contribution >= 4 is 5.91 Å². The van der Waals surface area contributed by atoms with E-state index in [2.05, 4.69) is 6.07 Å². The van der Waals surface area contributed by atoms with Crippen LogP contribution in [-0.2, 0) is 16.0 Å². The summed E-state index contributed by atoms with van der Waals surface area (Å²) in [5.74, 6) is 0.266. The van der Waals surface area contributed by atoms with Crippen LogP contribution in [0.25, 0.3) is 0 Å². The summed E-state index contributed by atoms with van der Waals surface area (Å²) in [6.07, 6.45) is 2.38. The molecule has 3 rings (SSSR count). The van der Waals surface area contributed by atoms with E-state index in [9.17, 15) is 9.90 Å². The molecule has 4 nitrogen and oxygen atoms in total. The molecule has 2 atom stereocenters. The van der Waals surface area contributed by atoms with Crippen molar-refractivity contribution in [3.63, 3.8) is 0 Å². The number of likely N-dealkylation sites (tertiary alicyclic amines) is 1. The summed E-state index contributed by atoms with van der Waals surface area (Å²) in [6, 6.07) is 8.03. The monoisotopic (exact) mass is 275 g/mol. The largest absolute Gasteiger partial charge is 0.396 e. The van der Waals surface area contributed by atoms with Crippen molar-refractivity contribution in [2.75, 3.05) is 26.3 Å². The number of aliphatic hydroxyl groups is 1. The molecule has 1 amide bonds. The Morgan fingerprint density at radius 3 is 3.10 bits per heavy atom. The average molecular weight is 275 g/mol. The van der Waals surface area contributed by atoms with Crippen LogP contribution in [0.2, 0.25) is 0 Å². The molecule has 2 aliphatic rings. The van der Waals surface area contributed by atoms with Gasteiger partial charge in [-0.3, -0.25) is 4.79 Å². The van der Waals surface area contributed by atoms with Gasteiger partial charge in [-0.15, -0.1) is 0 Å². The molecular formula is C16H21NO3. The van der Waals surface area contributed by atoms with Crippen molar-refractivity contribution < 1.29 is 14.6 Å². The lowest BCUT2D eigenvalue weighted by atomic mass is 9.94. The van der Waals surface area contributed by atoms with Crippen LogP contribution in [-0.4, -0.2) is 42.2 Å². The smallest absolute Gasteiger partial charge is 0.256 e. The molecule has 1 N–H and O–H groups in total. The molecule has 2 heterocycles. The van der Waals surface area contributed by atoms with E-state index in [4.69, 9.17) is 4.74 Å². The number of nitrogens with zero attached hydrogens (tertiary/aromatic N) is 1. The van der Waals surface area contributed by atoms with Gasteiger partial charge in [0.25, 0.3) is 5.91 Å². The van der Waals surface area contributed by atoms with E-state index in [1.54, 1.807) is 0 Å². The first-order chi connectivity index (χ1) is 9.79. The molecule has 0 bridgehead atoms. The Morgan fingerprint density at radius 1 is 1.40 bits per heavy atom. The zero-order chi connectivity index (χ0) is 13.9. The van der Waals surface area contributed by atoms with E-state index in [0.29, 0.717) is 13.2 Å². The molecule has 0 aromatic heterocycles. The first-order valence-electron chi connectivity index (χ1n) is 7.38. The lowest BCUT2D eigenvalue weighted by Crippen LogP contribution is -2.44. The first-order valence-corrected chi connectivity index (χ1v) is 7.38. The number of fused-ring (bicyclic) bond motifs is 1. The summed E-state index contributed by atoms with van der Waals surface area (Å²) in [5, 5.41) is 9.29. The Hall–Kier alpha value is -1.39. The summed E-state index contributed by atoms with van der Waals surface area (Å²) in [5.41, 5.74) is 2.22. The van der Waals surface area contributed by atoms with E-state index < -0.39 is 6.10 Å². The number of carbonyl (C=O) groups excluding carboxylic acids is 1. The van der Waals surface area contributed by atoms with Crippen molar-refractivity contribution in [1.82, 2.24) is 4.90 Å². The zero-order valence-corrected chi connectivity index (χ0v) is 11.6. The van der Waals surface area contributed by atoms with Crippen LogP contribution in [0.3, 0.4) is 0 Å². The summed E-state index contributed by atoms with van der Waals surface area (Å²) in [7, 11) is 0. The average Bonchev–Trinajstić information content (AvgIpc) is 2.53. The molecule has 0 spiro atoms. The number of hydrogen-bond donors (Lipinski definition) is 1. The van der Waals surface area contributed by atoms with E-state index >= 15 is 0 Å². The summed E-state index contributed by atoms with van der Waals surface area (Å²) >= 11 is 0. The van der Waals surface area contributed by atoms with Gasteiger partial charge in [0.1, 0.15) is 0 Å². The molecule has 108 valence electrons. The minimum absolute atomic E-state index is 0.0512. The van der Waals surface area contributed by atoms with Crippen molar-refractivity contribution in [3.05, 3.63) is 35.4 Å². The van der Waals surface area contributed by atoms with Crippen LogP contribution in [0, 0.1) is 5.92 Å². The Kier molecular flexibility index (Phi) is 4.03. The third-order valence-corrected chi connectivity index (χ3v) is 4.31. The van der Waals surface area contributed by atoms with Crippen LogP contribution >= 0.6 is 0 Å². The van der Waals surface area contributed by atoms with Gasteiger partial charge in [0.2, 0.25) is 0 Å². The highest BCUT2D eigenvalue weighted by Crippen LogP contribution is 2.30. The Labute approximate surface area is 119 Å². The minimum Gasteiger partial charge on any atom is -0.396 e. The second kappa shape index (κ2) is 5.94. The fraction of sp³-hybridized carbons (Fsp3) is 0.562. The van der Waals surface area contributed by atoms with Gasteiger partial charge in [-0.25, -0.2) is 0 Å². The molecule has 1 saturated heterocycles. The predicted octanol–water partition coefficient (Wildman–Crippen LogP) is 1.53. The van der Waals surface area contributed by atoms with Crippen LogP contribution in [0.5, 0.6) is 0 Å².